The maximum atomic E-state index is 6.10. The van der Waals surface area contributed by atoms with E-state index >= 15 is 0 Å². The van der Waals surface area contributed by atoms with Gasteiger partial charge in [-0.1, -0.05) is 18.5 Å². The topological polar surface area (TPSA) is 47.9 Å². The molecule has 2 heterocycles. The van der Waals surface area contributed by atoms with E-state index in [1.807, 2.05) is 26.0 Å². The van der Waals surface area contributed by atoms with Gasteiger partial charge < -0.3 is 4.74 Å². The van der Waals surface area contributed by atoms with Crippen LogP contribution in [-0.4, -0.2) is 15.0 Å². The Bertz CT molecular complexity index is 570. The quantitative estimate of drug-likeness (QED) is 0.796. The highest BCUT2D eigenvalue weighted by molar-refractivity contribution is 6.30. The van der Waals surface area contributed by atoms with Crippen molar-refractivity contribution in [3.8, 4) is 11.6 Å². The molecule has 100 valence electrons. The van der Waals surface area contributed by atoms with E-state index in [1.54, 1.807) is 6.20 Å². The van der Waals surface area contributed by atoms with E-state index < -0.39 is 0 Å². The molecule has 19 heavy (non-hydrogen) atoms. The average molecular weight is 278 g/mol. The lowest BCUT2D eigenvalue weighted by atomic mass is 10.3. The van der Waals surface area contributed by atoms with Gasteiger partial charge in [0.15, 0.2) is 0 Å². The molecule has 2 aromatic rings. The Morgan fingerprint density at radius 1 is 1.21 bits per heavy atom. The SMILES string of the molecule is CCCc1nc(Cl)c(C)c(Oc2ccc(C)nc2)n1. The molecule has 0 saturated heterocycles. The summed E-state index contributed by atoms with van der Waals surface area (Å²) in [5, 5.41) is 0.438. The highest BCUT2D eigenvalue weighted by atomic mass is 35.5. The summed E-state index contributed by atoms with van der Waals surface area (Å²) >= 11 is 6.10. The Balaban J connectivity index is 2.30. The molecule has 2 rings (SSSR count). The molecule has 0 aliphatic heterocycles. The first-order valence-electron chi connectivity index (χ1n) is 6.23. The largest absolute Gasteiger partial charge is 0.437 e. The predicted octanol–water partition coefficient (Wildman–Crippen LogP) is 3.89. The van der Waals surface area contributed by atoms with Crippen LogP contribution >= 0.6 is 11.6 Å². The van der Waals surface area contributed by atoms with Gasteiger partial charge in [0, 0.05) is 17.7 Å². The van der Waals surface area contributed by atoms with Gasteiger partial charge in [0.25, 0.3) is 0 Å². The lowest BCUT2D eigenvalue weighted by molar-refractivity contribution is 0.451. The fourth-order valence-corrected chi connectivity index (χ4v) is 1.75. The number of ether oxygens (including phenoxy) is 1. The maximum absolute atomic E-state index is 6.10. The van der Waals surface area contributed by atoms with E-state index in [-0.39, 0.29) is 0 Å². The molecule has 2 aromatic heterocycles. The van der Waals surface area contributed by atoms with Crippen molar-refractivity contribution in [3.05, 3.63) is 40.6 Å². The van der Waals surface area contributed by atoms with Crippen molar-refractivity contribution in [1.82, 2.24) is 15.0 Å². The smallest absolute Gasteiger partial charge is 0.227 e. The van der Waals surface area contributed by atoms with Crippen molar-refractivity contribution in [3.63, 3.8) is 0 Å². The molecule has 0 aromatic carbocycles. The normalized spacial score (nSPS) is 10.5. The second-order valence-electron chi connectivity index (χ2n) is 4.35. The van der Waals surface area contributed by atoms with Crippen LogP contribution in [0.1, 0.15) is 30.4 Å². The number of aryl methyl sites for hydroxylation is 2. The van der Waals surface area contributed by atoms with Gasteiger partial charge in [-0.2, -0.15) is 4.98 Å². The van der Waals surface area contributed by atoms with Crippen molar-refractivity contribution in [2.75, 3.05) is 0 Å². The van der Waals surface area contributed by atoms with E-state index in [1.165, 1.54) is 0 Å². The summed E-state index contributed by atoms with van der Waals surface area (Å²) in [5.74, 6) is 1.84. The maximum Gasteiger partial charge on any atom is 0.227 e. The molecule has 0 fully saturated rings. The third kappa shape index (κ3) is 3.41. The summed E-state index contributed by atoms with van der Waals surface area (Å²) in [6, 6.07) is 3.75. The molecule has 0 amide bonds. The van der Waals surface area contributed by atoms with E-state index in [0.29, 0.717) is 22.6 Å². The fourth-order valence-electron chi connectivity index (χ4n) is 1.57. The molecule has 5 heteroatoms. The molecule has 0 N–H and O–H groups in total. The van der Waals surface area contributed by atoms with Gasteiger partial charge >= 0.3 is 0 Å². The number of rotatable bonds is 4. The Hall–Kier alpha value is -1.68. The van der Waals surface area contributed by atoms with E-state index in [4.69, 9.17) is 16.3 Å². The summed E-state index contributed by atoms with van der Waals surface area (Å²) < 4.78 is 5.73. The minimum Gasteiger partial charge on any atom is -0.437 e. The fraction of sp³-hybridized carbons (Fsp3) is 0.357. The molecule has 0 radical (unpaired) electrons. The Morgan fingerprint density at radius 3 is 2.63 bits per heavy atom. The highest BCUT2D eigenvalue weighted by Gasteiger charge is 2.11. The van der Waals surface area contributed by atoms with Gasteiger partial charge in [-0.05, 0) is 32.4 Å². The number of aromatic nitrogens is 3. The standard InChI is InChI=1S/C14H16ClN3O/c1-4-5-12-17-13(15)10(3)14(18-12)19-11-7-6-9(2)16-8-11/h6-8H,4-5H2,1-3H3. The molecule has 0 aliphatic rings. The summed E-state index contributed by atoms with van der Waals surface area (Å²) in [5.41, 5.74) is 1.68. The van der Waals surface area contributed by atoms with Gasteiger partial charge in [-0.15, -0.1) is 0 Å². The van der Waals surface area contributed by atoms with Gasteiger partial charge in [0.05, 0.1) is 6.20 Å². The summed E-state index contributed by atoms with van der Waals surface area (Å²) in [4.78, 5) is 12.8. The third-order valence-electron chi connectivity index (χ3n) is 2.66. The lowest BCUT2D eigenvalue weighted by Gasteiger charge is -2.10. The average Bonchev–Trinajstić information content (AvgIpc) is 2.38. The van der Waals surface area contributed by atoms with Crippen LogP contribution in [0.3, 0.4) is 0 Å². The molecular formula is C14H16ClN3O. The van der Waals surface area contributed by atoms with Crippen LogP contribution in [0.25, 0.3) is 0 Å². The van der Waals surface area contributed by atoms with E-state index in [0.717, 1.165) is 24.1 Å². The van der Waals surface area contributed by atoms with Gasteiger partial charge in [0.2, 0.25) is 5.88 Å². The van der Waals surface area contributed by atoms with Crippen LogP contribution in [0.5, 0.6) is 11.6 Å². The Kier molecular flexibility index (Phi) is 4.32. The Morgan fingerprint density at radius 2 is 2.00 bits per heavy atom. The van der Waals surface area contributed by atoms with Gasteiger partial charge in [-0.3, -0.25) is 4.98 Å². The van der Waals surface area contributed by atoms with Crippen molar-refractivity contribution in [2.45, 2.75) is 33.6 Å². The third-order valence-corrected chi connectivity index (χ3v) is 3.03. The molecule has 0 spiro atoms. The van der Waals surface area contributed by atoms with Crippen LogP contribution in [0.15, 0.2) is 18.3 Å². The number of hydrogen-bond acceptors (Lipinski definition) is 4. The summed E-state index contributed by atoms with van der Waals surface area (Å²) in [6.45, 7) is 5.84. The van der Waals surface area contributed by atoms with Crippen LogP contribution in [0.2, 0.25) is 5.15 Å². The number of pyridine rings is 1. The minimum absolute atomic E-state index is 0.438. The van der Waals surface area contributed by atoms with Crippen LogP contribution in [0.4, 0.5) is 0 Å². The zero-order valence-electron chi connectivity index (χ0n) is 11.3. The first-order valence-corrected chi connectivity index (χ1v) is 6.61. The summed E-state index contributed by atoms with van der Waals surface area (Å²) in [6.07, 6.45) is 3.41. The lowest BCUT2D eigenvalue weighted by Crippen LogP contribution is -2.01. The monoisotopic (exact) mass is 277 g/mol. The van der Waals surface area contributed by atoms with E-state index in [2.05, 4.69) is 21.9 Å². The number of halogens is 1. The first kappa shape index (κ1) is 13.7. The molecule has 0 aliphatic carbocycles. The van der Waals surface area contributed by atoms with Crippen molar-refractivity contribution >= 4 is 11.6 Å². The van der Waals surface area contributed by atoms with Crippen molar-refractivity contribution in [1.29, 1.82) is 0 Å². The minimum atomic E-state index is 0.438. The summed E-state index contributed by atoms with van der Waals surface area (Å²) in [7, 11) is 0. The van der Waals surface area contributed by atoms with E-state index in [9.17, 15) is 0 Å². The zero-order valence-corrected chi connectivity index (χ0v) is 12.0. The molecular weight excluding hydrogens is 262 g/mol. The van der Waals surface area contributed by atoms with Crippen molar-refractivity contribution < 1.29 is 4.74 Å². The highest BCUT2D eigenvalue weighted by Crippen LogP contribution is 2.26. The molecule has 0 bridgehead atoms. The number of hydrogen-bond donors (Lipinski definition) is 0. The van der Waals surface area contributed by atoms with Crippen LogP contribution < -0.4 is 4.74 Å². The first-order chi connectivity index (χ1) is 9.10. The molecule has 0 unspecified atom stereocenters. The van der Waals surface area contributed by atoms with Crippen molar-refractivity contribution in [2.24, 2.45) is 0 Å². The second-order valence-corrected chi connectivity index (χ2v) is 4.71. The molecule has 4 nitrogen and oxygen atoms in total. The van der Waals surface area contributed by atoms with Crippen LogP contribution in [-0.2, 0) is 6.42 Å². The zero-order chi connectivity index (χ0) is 13.8. The Labute approximate surface area is 117 Å². The molecule has 0 atom stereocenters. The second kappa shape index (κ2) is 5.97. The predicted molar refractivity (Wildman–Crippen MR) is 74.8 cm³/mol. The molecule has 0 saturated carbocycles. The van der Waals surface area contributed by atoms with Crippen LogP contribution in [0, 0.1) is 13.8 Å². The number of nitrogens with zero attached hydrogens (tertiary/aromatic N) is 3. The van der Waals surface area contributed by atoms with Gasteiger partial charge in [-0.25, -0.2) is 4.98 Å². The van der Waals surface area contributed by atoms with Gasteiger partial charge in [0.1, 0.15) is 16.7 Å².